The standard InChI is InChI=1S/C15H23Br2ClOSi/c1-15(2,3)20(4,5)19-13(9-10-16)14-11(17)7-6-8-12(14)18/h6-8,13H,9-10H2,1-5H3. The van der Waals surface area contributed by atoms with E-state index in [1.54, 1.807) is 0 Å². The Kier molecular flexibility index (Phi) is 6.80. The van der Waals surface area contributed by atoms with E-state index in [1.165, 1.54) is 0 Å². The second-order valence-corrected chi connectivity index (χ2v) is 13.3. The first kappa shape index (κ1) is 18.7. The fourth-order valence-corrected chi connectivity index (χ4v) is 4.46. The van der Waals surface area contributed by atoms with Gasteiger partial charge in [-0.1, -0.05) is 70.3 Å². The first-order chi connectivity index (χ1) is 9.10. The van der Waals surface area contributed by atoms with Crippen LogP contribution in [0.4, 0.5) is 0 Å². The Bertz CT molecular complexity index is 437. The van der Waals surface area contributed by atoms with E-state index in [2.05, 4.69) is 65.7 Å². The molecule has 0 aliphatic carbocycles. The van der Waals surface area contributed by atoms with Gasteiger partial charge in [0.1, 0.15) is 0 Å². The predicted molar refractivity (Wildman–Crippen MR) is 98.6 cm³/mol. The molecule has 1 aromatic rings. The highest BCUT2D eigenvalue weighted by Crippen LogP contribution is 2.43. The quantitative estimate of drug-likeness (QED) is 0.354. The van der Waals surface area contributed by atoms with E-state index in [0.717, 1.165) is 26.8 Å². The number of benzene rings is 1. The number of halogens is 3. The van der Waals surface area contributed by atoms with Crippen molar-refractivity contribution in [3.8, 4) is 0 Å². The van der Waals surface area contributed by atoms with Gasteiger partial charge in [-0.15, -0.1) is 0 Å². The Hall–Kier alpha value is 0.647. The van der Waals surface area contributed by atoms with Gasteiger partial charge in [-0.2, -0.15) is 0 Å². The van der Waals surface area contributed by atoms with Gasteiger partial charge >= 0.3 is 0 Å². The van der Waals surface area contributed by atoms with Crippen molar-refractivity contribution in [1.82, 2.24) is 0 Å². The Morgan fingerprint density at radius 3 is 2.35 bits per heavy atom. The van der Waals surface area contributed by atoms with Crippen LogP contribution < -0.4 is 0 Å². The first-order valence-corrected chi connectivity index (χ1v) is 12.0. The van der Waals surface area contributed by atoms with E-state index in [9.17, 15) is 0 Å². The van der Waals surface area contributed by atoms with Crippen molar-refractivity contribution in [2.45, 2.75) is 51.4 Å². The van der Waals surface area contributed by atoms with Gasteiger partial charge in [-0.3, -0.25) is 0 Å². The molecular weight excluding hydrogens is 420 g/mol. The number of hydrogen-bond donors (Lipinski definition) is 0. The van der Waals surface area contributed by atoms with Crippen molar-refractivity contribution in [1.29, 1.82) is 0 Å². The van der Waals surface area contributed by atoms with Crippen molar-refractivity contribution >= 4 is 51.8 Å². The van der Waals surface area contributed by atoms with Crippen LogP contribution in [0.5, 0.6) is 0 Å². The first-order valence-electron chi connectivity index (χ1n) is 6.78. The highest BCUT2D eigenvalue weighted by molar-refractivity contribution is 9.10. The average molecular weight is 443 g/mol. The molecule has 0 aliphatic heterocycles. The maximum atomic E-state index is 6.58. The Morgan fingerprint density at radius 1 is 1.30 bits per heavy atom. The van der Waals surface area contributed by atoms with E-state index < -0.39 is 8.32 Å². The van der Waals surface area contributed by atoms with Crippen LogP contribution in [0.3, 0.4) is 0 Å². The molecule has 5 heteroatoms. The second kappa shape index (κ2) is 7.27. The summed E-state index contributed by atoms with van der Waals surface area (Å²) in [7, 11) is -1.83. The summed E-state index contributed by atoms with van der Waals surface area (Å²) in [5, 5.41) is 1.85. The Morgan fingerprint density at radius 2 is 1.90 bits per heavy atom. The molecule has 0 saturated carbocycles. The summed E-state index contributed by atoms with van der Waals surface area (Å²) in [5.74, 6) is 0. The van der Waals surface area contributed by atoms with Crippen LogP contribution in [0.2, 0.25) is 23.2 Å². The predicted octanol–water partition coefficient (Wildman–Crippen LogP) is 6.95. The molecule has 114 valence electrons. The van der Waals surface area contributed by atoms with Gasteiger partial charge < -0.3 is 4.43 Å². The molecule has 20 heavy (non-hydrogen) atoms. The summed E-state index contributed by atoms with van der Waals surface area (Å²) >= 11 is 13.5. The van der Waals surface area contributed by atoms with Crippen LogP contribution in [0.1, 0.15) is 38.9 Å². The highest BCUT2D eigenvalue weighted by atomic mass is 79.9. The van der Waals surface area contributed by atoms with Crippen molar-refractivity contribution < 1.29 is 4.43 Å². The third-order valence-corrected chi connectivity index (χ3v) is 9.90. The molecule has 0 radical (unpaired) electrons. The summed E-state index contributed by atoms with van der Waals surface area (Å²) < 4.78 is 7.61. The summed E-state index contributed by atoms with van der Waals surface area (Å²) in [6.07, 6.45) is 0.938. The van der Waals surface area contributed by atoms with Crippen LogP contribution in [-0.4, -0.2) is 13.6 Å². The molecule has 0 fully saturated rings. The zero-order valence-corrected chi connectivity index (χ0v) is 17.7. The normalized spacial score (nSPS) is 14.4. The molecule has 0 bridgehead atoms. The minimum Gasteiger partial charge on any atom is -0.410 e. The molecule has 0 N–H and O–H groups in total. The summed E-state index contributed by atoms with van der Waals surface area (Å²) in [5.41, 5.74) is 1.07. The lowest BCUT2D eigenvalue weighted by atomic mass is 10.1. The minimum absolute atomic E-state index is 0.0262. The lowest BCUT2D eigenvalue weighted by Crippen LogP contribution is -2.42. The molecule has 0 aliphatic rings. The Balaban J connectivity index is 3.13. The molecule has 1 rings (SSSR count). The lowest BCUT2D eigenvalue weighted by Gasteiger charge is -2.39. The SMILES string of the molecule is CC(C)(C)[Si](C)(C)OC(CCBr)c1c(Cl)cccc1Br. The second-order valence-electron chi connectivity index (χ2n) is 6.48. The van der Waals surface area contributed by atoms with Crippen LogP contribution in [0.15, 0.2) is 22.7 Å². The van der Waals surface area contributed by atoms with E-state index in [-0.39, 0.29) is 11.1 Å². The van der Waals surface area contributed by atoms with E-state index in [4.69, 9.17) is 16.0 Å². The molecule has 0 heterocycles. The molecule has 0 spiro atoms. The zero-order chi connectivity index (χ0) is 15.6. The van der Waals surface area contributed by atoms with Gasteiger partial charge in [0.25, 0.3) is 0 Å². The topological polar surface area (TPSA) is 9.23 Å². The van der Waals surface area contributed by atoms with E-state index in [0.29, 0.717) is 0 Å². The van der Waals surface area contributed by atoms with Crippen LogP contribution in [-0.2, 0) is 4.43 Å². The summed E-state index contributed by atoms with van der Waals surface area (Å²) in [6, 6.07) is 5.91. The maximum Gasteiger partial charge on any atom is 0.192 e. The van der Waals surface area contributed by atoms with Gasteiger partial charge in [0, 0.05) is 20.4 Å². The van der Waals surface area contributed by atoms with Crippen LogP contribution >= 0.6 is 43.5 Å². The van der Waals surface area contributed by atoms with Gasteiger partial charge in [0.05, 0.1) is 6.10 Å². The minimum atomic E-state index is -1.83. The fraction of sp³-hybridized carbons (Fsp3) is 0.600. The third kappa shape index (κ3) is 4.57. The summed E-state index contributed by atoms with van der Waals surface area (Å²) in [6.45, 7) is 11.3. The van der Waals surface area contributed by atoms with E-state index in [1.807, 2.05) is 18.2 Å². The molecular formula is C15H23Br2ClOSi. The monoisotopic (exact) mass is 440 g/mol. The maximum absolute atomic E-state index is 6.58. The van der Waals surface area contributed by atoms with Gasteiger partial charge in [-0.25, -0.2) is 0 Å². The molecule has 1 nitrogen and oxygen atoms in total. The van der Waals surface area contributed by atoms with Gasteiger partial charge in [0.2, 0.25) is 0 Å². The smallest absolute Gasteiger partial charge is 0.192 e. The van der Waals surface area contributed by atoms with Crippen molar-refractivity contribution in [3.63, 3.8) is 0 Å². The van der Waals surface area contributed by atoms with Crippen molar-refractivity contribution in [2.75, 3.05) is 5.33 Å². The largest absolute Gasteiger partial charge is 0.410 e. The molecule has 1 unspecified atom stereocenters. The Labute approximate surface area is 145 Å². The molecule has 0 saturated heterocycles. The zero-order valence-electron chi connectivity index (χ0n) is 12.8. The molecule has 0 aromatic heterocycles. The van der Waals surface area contributed by atoms with Crippen molar-refractivity contribution in [2.24, 2.45) is 0 Å². The fourth-order valence-electron chi connectivity index (χ4n) is 1.71. The van der Waals surface area contributed by atoms with Crippen molar-refractivity contribution in [3.05, 3.63) is 33.3 Å². The molecule has 1 atom stereocenters. The molecule has 1 aromatic carbocycles. The third-order valence-electron chi connectivity index (χ3n) is 3.94. The molecule has 0 amide bonds. The highest BCUT2D eigenvalue weighted by Gasteiger charge is 2.39. The van der Waals surface area contributed by atoms with Gasteiger partial charge in [-0.05, 0) is 36.7 Å². The van der Waals surface area contributed by atoms with Gasteiger partial charge in [0.15, 0.2) is 8.32 Å². The lowest BCUT2D eigenvalue weighted by molar-refractivity contribution is 0.180. The van der Waals surface area contributed by atoms with Crippen LogP contribution in [0, 0.1) is 0 Å². The number of alkyl halides is 1. The summed E-state index contributed by atoms with van der Waals surface area (Å²) in [4.78, 5) is 0. The number of hydrogen-bond acceptors (Lipinski definition) is 1. The van der Waals surface area contributed by atoms with Crippen LogP contribution in [0.25, 0.3) is 0 Å². The number of rotatable bonds is 5. The van der Waals surface area contributed by atoms with E-state index >= 15 is 0 Å². The average Bonchev–Trinajstić information content (AvgIpc) is 2.26.